The van der Waals surface area contributed by atoms with Crippen LogP contribution in [0.2, 0.25) is 0 Å². The van der Waals surface area contributed by atoms with Crippen LogP contribution in [0.25, 0.3) is 0 Å². The summed E-state index contributed by atoms with van der Waals surface area (Å²) in [4.78, 5) is 46.3. The molecule has 0 unspecified atom stereocenters. The first-order valence-electron chi connectivity index (χ1n) is 9.09. The molecule has 0 fully saturated rings. The minimum absolute atomic E-state index is 0.190. The van der Waals surface area contributed by atoms with Crippen LogP contribution in [-0.2, 0) is 47.7 Å². The standard InChI is InChI=1S/C19H23BrO11S/c1-10-5-7-14(8-6-10)32(26,27)28-9-15(24)16(29-11(2)21)17(30-12(3)22)18(19(20)25)31-13(4)23/h5-8,15-18,24H,9H2,1-4H3/t15-,16-,17+,18-/m1/s1. The number of benzene rings is 1. The van der Waals surface area contributed by atoms with E-state index in [1.165, 1.54) is 24.3 Å². The Morgan fingerprint density at radius 2 is 1.38 bits per heavy atom. The highest BCUT2D eigenvalue weighted by Gasteiger charge is 2.44. The third-order valence-corrected chi connectivity index (χ3v) is 5.57. The molecule has 0 aliphatic heterocycles. The van der Waals surface area contributed by atoms with E-state index in [4.69, 9.17) is 18.4 Å². The molecule has 4 atom stereocenters. The predicted octanol–water partition coefficient (Wildman–Crippen LogP) is 0.778. The van der Waals surface area contributed by atoms with Gasteiger partial charge in [-0.05, 0) is 35.0 Å². The Hall–Kier alpha value is -2.35. The molecular weight excluding hydrogens is 516 g/mol. The fraction of sp³-hybridized carbons (Fsp3) is 0.474. The van der Waals surface area contributed by atoms with E-state index in [0.29, 0.717) is 0 Å². The summed E-state index contributed by atoms with van der Waals surface area (Å²) >= 11 is 2.59. The third-order valence-electron chi connectivity index (χ3n) is 3.83. The Labute approximate surface area is 193 Å². The molecule has 1 N–H and O–H groups in total. The van der Waals surface area contributed by atoms with Crippen molar-refractivity contribution < 1.29 is 51.1 Å². The summed E-state index contributed by atoms with van der Waals surface area (Å²) in [6.07, 6.45) is -7.36. The average molecular weight is 539 g/mol. The summed E-state index contributed by atoms with van der Waals surface area (Å²) < 4.78 is 43.4. The van der Waals surface area contributed by atoms with Crippen LogP contribution >= 0.6 is 15.9 Å². The SMILES string of the molecule is CC(=O)O[C@@H]([C@H](OC(C)=O)[C@@H](OC(C)=O)C(=O)Br)[C@H](O)COS(=O)(=O)c1ccc(C)cc1. The van der Waals surface area contributed by atoms with E-state index in [1.54, 1.807) is 6.92 Å². The number of ether oxygens (including phenoxy) is 3. The molecule has 32 heavy (non-hydrogen) atoms. The largest absolute Gasteiger partial charge is 0.456 e. The summed E-state index contributed by atoms with van der Waals surface area (Å²) in [5.74, 6) is -2.86. The number of aliphatic hydroxyl groups excluding tert-OH is 1. The number of hydrogen-bond acceptors (Lipinski definition) is 11. The first-order chi connectivity index (χ1) is 14.7. The van der Waals surface area contributed by atoms with Crippen LogP contribution in [0.5, 0.6) is 0 Å². The highest BCUT2D eigenvalue weighted by Crippen LogP contribution is 2.21. The van der Waals surface area contributed by atoms with Gasteiger partial charge in [-0.3, -0.25) is 23.4 Å². The highest BCUT2D eigenvalue weighted by atomic mass is 79.9. The number of carbonyl (C=O) groups is 4. The van der Waals surface area contributed by atoms with Crippen molar-refractivity contribution in [1.29, 1.82) is 0 Å². The summed E-state index contributed by atoms with van der Waals surface area (Å²) in [5.41, 5.74) is 0.805. The van der Waals surface area contributed by atoms with Gasteiger partial charge < -0.3 is 19.3 Å². The third kappa shape index (κ3) is 8.65. The number of aliphatic hydroxyl groups is 1. The van der Waals surface area contributed by atoms with Gasteiger partial charge >= 0.3 is 17.9 Å². The van der Waals surface area contributed by atoms with Crippen molar-refractivity contribution >= 4 is 48.6 Å². The molecule has 11 nitrogen and oxygen atoms in total. The van der Waals surface area contributed by atoms with Gasteiger partial charge in [0.25, 0.3) is 10.1 Å². The molecule has 1 aromatic carbocycles. The molecule has 0 aliphatic rings. The van der Waals surface area contributed by atoms with Crippen molar-refractivity contribution in [2.75, 3.05) is 6.61 Å². The molecule has 0 saturated heterocycles. The summed E-state index contributed by atoms with van der Waals surface area (Å²) in [7, 11) is -4.31. The van der Waals surface area contributed by atoms with Gasteiger partial charge in [0.15, 0.2) is 12.2 Å². The normalized spacial score (nSPS) is 15.1. The summed E-state index contributed by atoms with van der Waals surface area (Å²) in [6, 6.07) is 5.66. The number of rotatable bonds is 11. The zero-order valence-corrected chi connectivity index (χ0v) is 20.0. The van der Waals surface area contributed by atoms with E-state index < -0.39 is 63.7 Å². The number of hydrogen-bond donors (Lipinski definition) is 1. The van der Waals surface area contributed by atoms with Crippen molar-refractivity contribution in [2.24, 2.45) is 0 Å². The van der Waals surface area contributed by atoms with Gasteiger partial charge in [-0.2, -0.15) is 8.42 Å². The Morgan fingerprint density at radius 1 is 0.906 bits per heavy atom. The van der Waals surface area contributed by atoms with E-state index in [1.807, 2.05) is 0 Å². The van der Waals surface area contributed by atoms with Crippen LogP contribution < -0.4 is 0 Å². The lowest BCUT2D eigenvalue weighted by atomic mass is 10.0. The van der Waals surface area contributed by atoms with E-state index >= 15 is 0 Å². The van der Waals surface area contributed by atoms with E-state index in [2.05, 4.69) is 15.9 Å². The van der Waals surface area contributed by atoms with E-state index in [-0.39, 0.29) is 4.90 Å². The maximum atomic E-state index is 12.4. The first kappa shape index (κ1) is 27.7. The summed E-state index contributed by atoms with van der Waals surface area (Å²) in [5, 5.41) is 10.5. The molecular formula is C19H23BrO11S. The number of esters is 3. The Balaban J connectivity index is 3.21. The van der Waals surface area contributed by atoms with Gasteiger partial charge in [0.05, 0.1) is 11.5 Å². The molecule has 0 aliphatic carbocycles. The molecule has 178 valence electrons. The second kappa shape index (κ2) is 12.0. The second-order valence-corrected chi connectivity index (χ2v) is 9.00. The zero-order valence-electron chi connectivity index (χ0n) is 17.6. The molecule has 1 aromatic rings. The van der Waals surface area contributed by atoms with Crippen molar-refractivity contribution in [3.63, 3.8) is 0 Å². The lowest BCUT2D eigenvalue weighted by molar-refractivity contribution is -0.193. The molecule has 1 rings (SSSR count). The van der Waals surface area contributed by atoms with Crippen LogP contribution in [0.1, 0.15) is 26.3 Å². The van der Waals surface area contributed by atoms with Gasteiger partial charge in [0.1, 0.15) is 6.10 Å². The number of carbonyl (C=O) groups excluding carboxylic acids is 4. The molecule has 0 saturated carbocycles. The number of aryl methyl sites for hydroxylation is 1. The highest BCUT2D eigenvalue weighted by molar-refractivity contribution is 9.18. The topological polar surface area (TPSA) is 160 Å². The summed E-state index contributed by atoms with van der Waals surface area (Å²) in [6.45, 7) is 3.72. The zero-order chi connectivity index (χ0) is 24.6. The van der Waals surface area contributed by atoms with Crippen molar-refractivity contribution in [1.82, 2.24) is 0 Å². The van der Waals surface area contributed by atoms with Gasteiger partial charge in [0.2, 0.25) is 10.8 Å². The van der Waals surface area contributed by atoms with Crippen molar-refractivity contribution in [3.8, 4) is 0 Å². The van der Waals surface area contributed by atoms with Gasteiger partial charge in [-0.15, -0.1) is 0 Å². The molecule has 0 heterocycles. The molecule has 0 amide bonds. The van der Waals surface area contributed by atoms with Gasteiger partial charge in [-0.25, -0.2) is 0 Å². The van der Waals surface area contributed by atoms with Crippen LogP contribution in [0.15, 0.2) is 29.2 Å². The lowest BCUT2D eigenvalue weighted by Gasteiger charge is -2.32. The fourth-order valence-corrected chi connectivity index (χ4v) is 3.78. The fourth-order valence-electron chi connectivity index (χ4n) is 2.50. The maximum absolute atomic E-state index is 12.4. The van der Waals surface area contributed by atoms with Crippen LogP contribution in [-0.4, -0.2) is 67.1 Å². The molecule has 0 bridgehead atoms. The molecule has 13 heteroatoms. The maximum Gasteiger partial charge on any atom is 0.303 e. The van der Waals surface area contributed by atoms with E-state index in [0.717, 1.165) is 26.3 Å². The lowest BCUT2D eigenvalue weighted by Crippen LogP contribution is -2.53. The van der Waals surface area contributed by atoms with Crippen LogP contribution in [0.3, 0.4) is 0 Å². The number of halogens is 1. The average Bonchev–Trinajstić information content (AvgIpc) is 2.66. The first-order valence-corrected chi connectivity index (χ1v) is 11.3. The van der Waals surface area contributed by atoms with Crippen molar-refractivity contribution in [2.45, 2.75) is 57.0 Å². The minimum atomic E-state index is -4.31. The van der Waals surface area contributed by atoms with Gasteiger partial charge in [0, 0.05) is 20.8 Å². The van der Waals surface area contributed by atoms with E-state index in [9.17, 15) is 32.7 Å². The van der Waals surface area contributed by atoms with Crippen molar-refractivity contribution in [3.05, 3.63) is 29.8 Å². The Morgan fingerprint density at radius 3 is 1.81 bits per heavy atom. The van der Waals surface area contributed by atoms with Crippen LogP contribution in [0, 0.1) is 6.92 Å². The molecule has 0 aromatic heterocycles. The predicted molar refractivity (Wildman–Crippen MR) is 111 cm³/mol. The molecule has 0 radical (unpaired) electrons. The van der Waals surface area contributed by atoms with Gasteiger partial charge in [-0.1, -0.05) is 17.7 Å². The molecule has 0 spiro atoms. The smallest absolute Gasteiger partial charge is 0.303 e. The Bertz CT molecular complexity index is 943. The monoisotopic (exact) mass is 538 g/mol. The second-order valence-electron chi connectivity index (χ2n) is 6.60. The van der Waals surface area contributed by atoms with Crippen LogP contribution in [0.4, 0.5) is 0 Å². The Kier molecular flexibility index (Phi) is 10.4. The quantitative estimate of drug-likeness (QED) is 0.183. The minimum Gasteiger partial charge on any atom is -0.456 e.